The second-order valence-corrected chi connectivity index (χ2v) is 6.15. The number of rotatable bonds is 2. The van der Waals surface area contributed by atoms with E-state index < -0.39 is 0 Å². The largest absolute Gasteiger partial charge is 0.452 e. The maximum atomic E-state index is 12.6. The number of fused-ring (bicyclic) bond motifs is 1. The van der Waals surface area contributed by atoms with Gasteiger partial charge in [0.2, 0.25) is 5.78 Å². The first-order valence-corrected chi connectivity index (χ1v) is 7.57. The number of para-hydroxylation sites is 1. The minimum atomic E-state index is -0.0794. The molecule has 0 aliphatic carbocycles. The molecule has 0 saturated heterocycles. The quantitative estimate of drug-likeness (QED) is 0.587. The zero-order valence-corrected chi connectivity index (χ0v) is 13.7. The fourth-order valence-electron chi connectivity index (χ4n) is 2.54. The van der Waals surface area contributed by atoms with E-state index in [1.165, 1.54) is 0 Å². The number of halogens is 1. The van der Waals surface area contributed by atoms with Gasteiger partial charge in [-0.25, -0.2) is 0 Å². The van der Waals surface area contributed by atoms with E-state index >= 15 is 0 Å². The molecule has 0 N–H and O–H groups in total. The molecule has 0 aliphatic heterocycles. The van der Waals surface area contributed by atoms with E-state index in [1.807, 2.05) is 57.2 Å². The minimum absolute atomic E-state index is 0.0794. The van der Waals surface area contributed by atoms with Gasteiger partial charge in [0.25, 0.3) is 0 Å². The molecule has 0 unspecified atom stereocenters. The highest BCUT2D eigenvalue weighted by molar-refractivity contribution is 9.10. The van der Waals surface area contributed by atoms with Crippen LogP contribution in [0.1, 0.15) is 32.8 Å². The molecule has 0 aliphatic rings. The Morgan fingerprint density at radius 3 is 2.29 bits per heavy atom. The smallest absolute Gasteiger partial charge is 0.228 e. The monoisotopic (exact) mass is 342 g/mol. The van der Waals surface area contributed by atoms with Crippen LogP contribution in [0.5, 0.6) is 0 Å². The molecule has 0 spiro atoms. The van der Waals surface area contributed by atoms with E-state index in [9.17, 15) is 4.79 Å². The Morgan fingerprint density at radius 1 is 1.00 bits per heavy atom. The fourth-order valence-corrected chi connectivity index (χ4v) is 2.77. The number of furan rings is 1. The first-order chi connectivity index (χ1) is 9.97. The molecule has 3 aromatic rings. The molecule has 2 aromatic carbocycles. The van der Waals surface area contributed by atoms with Gasteiger partial charge in [-0.3, -0.25) is 4.79 Å². The van der Waals surface area contributed by atoms with Gasteiger partial charge in [0, 0.05) is 15.4 Å². The SMILES string of the molecule is Cc1cc(C(=O)c2cc3cccc(C)c3o2)cc(C)c1Br. The number of ketones is 1. The van der Waals surface area contributed by atoms with Gasteiger partial charge in [-0.2, -0.15) is 0 Å². The van der Waals surface area contributed by atoms with Crippen LogP contribution in [0, 0.1) is 20.8 Å². The van der Waals surface area contributed by atoms with Crippen molar-refractivity contribution in [2.24, 2.45) is 0 Å². The van der Waals surface area contributed by atoms with Gasteiger partial charge in [0.1, 0.15) is 5.58 Å². The van der Waals surface area contributed by atoms with Crippen LogP contribution in [-0.2, 0) is 0 Å². The first kappa shape index (κ1) is 14.1. The van der Waals surface area contributed by atoms with Crippen molar-refractivity contribution in [1.29, 1.82) is 0 Å². The van der Waals surface area contributed by atoms with Crippen LogP contribution in [-0.4, -0.2) is 5.78 Å². The van der Waals surface area contributed by atoms with E-state index in [1.54, 1.807) is 0 Å². The van der Waals surface area contributed by atoms with E-state index in [4.69, 9.17) is 4.42 Å². The minimum Gasteiger partial charge on any atom is -0.452 e. The molecule has 21 heavy (non-hydrogen) atoms. The Balaban J connectivity index is 2.10. The zero-order valence-electron chi connectivity index (χ0n) is 12.2. The average Bonchev–Trinajstić information content (AvgIpc) is 2.89. The van der Waals surface area contributed by atoms with Crippen LogP contribution in [0.4, 0.5) is 0 Å². The maximum Gasteiger partial charge on any atom is 0.228 e. The zero-order chi connectivity index (χ0) is 15.1. The van der Waals surface area contributed by atoms with Crippen LogP contribution in [0.2, 0.25) is 0 Å². The Labute approximate surface area is 131 Å². The Morgan fingerprint density at radius 2 is 1.67 bits per heavy atom. The lowest BCUT2D eigenvalue weighted by atomic mass is 10.0. The summed E-state index contributed by atoms with van der Waals surface area (Å²) in [4.78, 5) is 12.6. The Hall–Kier alpha value is -1.87. The van der Waals surface area contributed by atoms with Gasteiger partial charge < -0.3 is 4.42 Å². The van der Waals surface area contributed by atoms with Crippen LogP contribution in [0.15, 0.2) is 45.3 Å². The normalized spacial score (nSPS) is 11.0. The maximum absolute atomic E-state index is 12.6. The molecule has 0 atom stereocenters. The summed E-state index contributed by atoms with van der Waals surface area (Å²) < 4.78 is 6.80. The molecule has 1 aromatic heterocycles. The van der Waals surface area contributed by atoms with E-state index in [-0.39, 0.29) is 5.78 Å². The van der Waals surface area contributed by atoms with E-state index in [0.717, 1.165) is 32.1 Å². The van der Waals surface area contributed by atoms with Crippen LogP contribution < -0.4 is 0 Å². The van der Waals surface area contributed by atoms with E-state index in [0.29, 0.717) is 11.3 Å². The van der Waals surface area contributed by atoms with Crippen molar-refractivity contribution in [2.75, 3.05) is 0 Å². The third kappa shape index (κ3) is 2.42. The molecule has 2 nitrogen and oxygen atoms in total. The van der Waals surface area contributed by atoms with Gasteiger partial charge in [-0.15, -0.1) is 0 Å². The molecule has 3 rings (SSSR count). The molecule has 0 bridgehead atoms. The molecule has 0 saturated carbocycles. The topological polar surface area (TPSA) is 30.2 Å². The summed E-state index contributed by atoms with van der Waals surface area (Å²) in [5.74, 6) is 0.310. The van der Waals surface area contributed by atoms with Gasteiger partial charge in [0.05, 0.1) is 0 Å². The van der Waals surface area contributed by atoms with Gasteiger partial charge in [-0.05, 0) is 55.7 Å². The number of hydrogen-bond donors (Lipinski definition) is 0. The molecular formula is C18H15BrO2. The predicted octanol–water partition coefficient (Wildman–Crippen LogP) is 5.35. The van der Waals surface area contributed by atoms with Crippen molar-refractivity contribution < 1.29 is 9.21 Å². The second-order valence-electron chi connectivity index (χ2n) is 5.36. The van der Waals surface area contributed by atoms with Crippen molar-refractivity contribution >= 4 is 32.7 Å². The number of carbonyl (C=O) groups is 1. The van der Waals surface area contributed by atoms with Gasteiger partial charge >= 0.3 is 0 Å². The fraction of sp³-hybridized carbons (Fsp3) is 0.167. The van der Waals surface area contributed by atoms with Crippen LogP contribution in [0.25, 0.3) is 11.0 Å². The van der Waals surface area contributed by atoms with Crippen molar-refractivity contribution in [1.82, 2.24) is 0 Å². The Bertz CT molecular complexity index is 836. The van der Waals surface area contributed by atoms with Crippen molar-refractivity contribution in [3.05, 3.63) is 68.9 Å². The Kier molecular flexibility index (Phi) is 3.46. The molecule has 106 valence electrons. The standard InChI is InChI=1S/C18H15BrO2/c1-10-5-4-6-13-9-15(21-18(10)13)17(20)14-7-11(2)16(19)12(3)8-14/h4-9H,1-3H3. The highest BCUT2D eigenvalue weighted by Gasteiger charge is 2.17. The molecule has 0 amide bonds. The molecule has 0 radical (unpaired) electrons. The highest BCUT2D eigenvalue weighted by Crippen LogP contribution is 2.27. The van der Waals surface area contributed by atoms with Crippen molar-refractivity contribution in [3.63, 3.8) is 0 Å². The number of benzene rings is 2. The number of hydrogen-bond acceptors (Lipinski definition) is 2. The molecule has 1 heterocycles. The summed E-state index contributed by atoms with van der Waals surface area (Å²) >= 11 is 3.52. The van der Waals surface area contributed by atoms with Crippen LogP contribution >= 0.6 is 15.9 Å². The summed E-state index contributed by atoms with van der Waals surface area (Å²) in [6.07, 6.45) is 0. The number of carbonyl (C=O) groups excluding carboxylic acids is 1. The lowest BCUT2D eigenvalue weighted by Crippen LogP contribution is -2.01. The van der Waals surface area contributed by atoms with Crippen LogP contribution in [0.3, 0.4) is 0 Å². The summed E-state index contributed by atoms with van der Waals surface area (Å²) in [6.45, 7) is 5.95. The third-order valence-corrected chi connectivity index (χ3v) is 4.91. The predicted molar refractivity (Wildman–Crippen MR) is 88.0 cm³/mol. The second kappa shape index (κ2) is 5.15. The highest BCUT2D eigenvalue weighted by atomic mass is 79.9. The summed E-state index contributed by atoms with van der Waals surface area (Å²) in [6, 6.07) is 11.5. The summed E-state index contributed by atoms with van der Waals surface area (Å²) in [5, 5.41) is 0.962. The molecule has 3 heteroatoms. The summed E-state index contributed by atoms with van der Waals surface area (Å²) in [7, 11) is 0. The lowest BCUT2D eigenvalue weighted by molar-refractivity contribution is 0.101. The molecular weight excluding hydrogens is 328 g/mol. The lowest BCUT2D eigenvalue weighted by Gasteiger charge is -2.06. The third-order valence-electron chi connectivity index (χ3n) is 3.66. The molecule has 0 fully saturated rings. The van der Waals surface area contributed by atoms with Gasteiger partial charge in [-0.1, -0.05) is 34.1 Å². The number of aryl methyl sites for hydroxylation is 3. The van der Waals surface area contributed by atoms with Gasteiger partial charge in [0.15, 0.2) is 5.76 Å². The average molecular weight is 343 g/mol. The first-order valence-electron chi connectivity index (χ1n) is 6.78. The van der Waals surface area contributed by atoms with Crippen molar-refractivity contribution in [2.45, 2.75) is 20.8 Å². The van der Waals surface area contributed by atoms with Crippen molar-refractivity contribution in [3.8, 4) is 0 Å². The summed E-state index contributed by atoms with van der Waals surface area (Å²) in [5.41, 5.74) is 4.57. The van der Waals surface area contributed by atoms with E-state index in [2.05, 4.69) is 15.9 Å².